The Labute approximate surface area is 147 Å². The van der Waals surface area contributed by atoms with Crippen LogP contribution < -0.4 is 5.73 Å². The average molecular weight is 363 g/mol. The second kappa shape index (κ2) is 6.86. The molecule has 0 spiro atoms. The Morgan fingerprint density at radius 3 is 2.32 bits per heavy atom. The minimum atomic E-state index is -3.58. The van der Waals surface area contributed by atoms with E-state index in [2.05, 4.69) is 0 Å². The molecule has 134 valence electrons. The van der Waals surface area contributed by atoms with Crippen LogP contribution in [0.15, 0.2) is 59.5 Å². The van der Waals surface area contributed by atoms with Crippen LogP contribution in [-0.2, 0) is 14.6 Å². The molecule has 3 rings (SSSR count). The van der Waals surface area contributed by atoms with Gasteiger partial charge in [-0.25, -0.2) is 12.8 Å². The molecule has 25 heavy (non-hydrogen) atoms. The lowest BCUT2D eigenvalue weighted by atomic mass is 10.00. The van der Waals surface area contributed by atoms with Crippen LogP contribution in [0.25, 0.3) is 0 Å². The molecule has 0 bridgehead atoms. The second-order valence-corrected chi connectivity index (χ2v) is 8.45. The van der Waals surface area contributed by atoms with Crippen molar-refractivity contribution in [3.05, 3.63) is 66.0 Å². The van der Waals surface area contributed by atoms with E-state index in [-0.39, 0.29) is 29.8 Å². The smallest absolute Gasteiger partial charge is 0.182 e. The number of benzene rings is 2. The summed E-state index contributed by atoms with van der Waals surface area (Å²) in [5, 5.41) is -0.676. The minimum absolute atomic E-state index is 0.186. The number of hydrogen-bond donors (Lipinski definition) is 1. The van der Waals surface area contributed by atoms with E-state index in [1.54, 1.807) is 42.5 Å². The maximum atomic E-state index is 13.3. The van der Waals surface area contributed by atoms with Crippen molar-refractivity contribution in [3.8, 4) is 0 Å². The minimum Gasteiger partial charge on any atom is -0.381 e. The van der Waals surface area contributed by atoms with Gasteiger partial charge in [0.25, 0.3) is 0 Å². The van der Waals surface area contributed by atoms with Crippen molar-refractivity contribution in [3.63, 3.8) is 0 Å². The zero-order valence-electron chi connectivity index (χ0n) is 14.1. The quantitative estimate of drug-likeness (QED) is 0.821. The lowest BCUT2D eigenvalue weighted by Crippen LogP contribution is -2.29. The molecule has 1 saturated carbocycles. The molecule has 1 fully saturated rings. The summed E-state index contributed by atoms with van der Waals surface area (Å²) >= 11 is 0. The maximum Gasteiger partial charge on any atom is 0.182 e. The van der Waals surface area contributed by atoms with Gasteiger partial charge in [0.15, 0.2) is 9.84 Å². The normalized spacial score (nSPS) is 25.7. The highest BCUT2D eigenvalue weighted by atomic mass is 32.2. The van der Waals surface area contributed by atoms with Crippen LogP contribution in [0.4, 0.5) is 4.39 Å². The van der Waals surface area contributed by atoms with E-state index in [0.29, 0.717) is 6.61 Å². The Balaban J connectivity index is 2.04. The topological polar surface area (TPSA) is 69.4 Å². The van der Waals surface area contributed by atoms with Crippen molar-refractivity contribution in [2.24, 2.45) is 11.1 Å². The fraction of sp³-hybridized carbons (Fsp3) is 0.368. The summed E-state index contributed by atoms with van der Waals surface area (Å²) in [5.74, 6) is -0.662. The van der Waals surface area contributed by atoms with Gasteiger partial charge >= 0.3 is 0 Å². The number of nitrogens with two attached hydrogens (primary N) is 1. The zero-order valence-corrected chi connectivity index (χ0v) is 14.9. The molecule has 0 saturated heterocycles. The molecular formula is C19H22FNO3S. The van der Waals surface area contributed by atoms with Crippen LogP contribution in [-0.4, -0.2) is 33.4 Å². The van der Waals surface area contributed by atoms with E-state index in [4.69, 9.17) is 10.5 Å². The van der Waals surface area contributed by atoms with Crippen LogP contribution in [0.5, 0.6) is 0 Å². The Bertz CT molecular complexity index is 824. The molecule has 0 unspecified atom stereocenters. The summed E-state index contributed by atoms with van der Waals surface area (Å²) in [6.45, 7) is 2.79. The van der Waals surface area contributed by atoms with Crippen molar-refractivity contribution in [2.75, 3.05) is 19.8 Å². The van der Waals surface area contributed by atoms with E-state index in [1.807, 2.05) is 6.92 Å². The number of hydrogen-bond acceptors (Lipinski definition) is 4. The lowest BCUT2D eigenvalue weighted by molar-refractivity contribution is 0.101. The van der Waals surface area contributed by atoms with Gasteiger partial charge in [-0.3, -0.25) is 0 Å². The number of halogens is 1. The summed E-state index contributed by atoms with van der Waals surface area (Å²) < 4.78 is 45.2. The van der Waals surface area contributed by atoms with Gasteiger partial charge in [-0.1, -0.05) is 30.3 Å². The summed E-state index contributed by atoms with van der Waals surface area (Å²) in [6, 6.07) is 14.3. The fourth-order valence-corrected chi connectivity index (χ4v) is 6.11. The first-order valence-electron chi connectivity index (χ1n) is 8.29. The summed E-state index contributed by atoms with van der Waals surface area (Å²) in [5.41, 5.74) is 6.10. The van der Waals surface area contributed by atoms with Gasteiger partial charge in [0.1, 0.15) is 5.82 Å². The third-order valence-electron chi connectivity index (χ3n) is 4.97. The highest BCUT2D eigenvalue weighted by Gasteiger charge is 2.70. The summed E-state index contributed by atoms with van der Waals surface area (Å²) in [4.78, 5) is 0.277. The van der Waals surface area contributed by atoms with Gasteiger partial charge in [0.05, 0.1) is 16.8 Å². The van der Waals surface area contributed by atoms with E-state index in [0.717, 1.165) is 5.56 Å². The Hall–Kier alpha value is -1.76. The summed E-state index contributed by atoms with van der Waals surface area (Å²) in [6.07, 6.45) is 0. The SMILES string of the molecule is CCOC[C@@]1(CN)[C@H](c2ccc(F)cc2)[C@@H]1S(=O)(=O)c1ccccc1. The molecule has 2 N–H and O–H groups in total. The highest BCUT2D eigenvalue weighted by Crippen LogP contribution is 2.63. The highest BCUT2D eigenvalue weighted by molar-refractivity contribution is 7.92. The molecule has 0 radical (unpaired) electrons. The lowest BCUT2D eigenvalue weighted by Gasteiger charge is -2.16. The van der Waals surface area contributed by atoms with E-state index in [9.17, 15) is 12.8 Å². The predicted molar refractivity (Wildman–Crippen MR) is 94.5 cm³/mol. The van der Waals surface area contributed by atoms with Crippen molar-refractivity contribution < 1.29 is 17.5 Å². The van der Waals surface area contributed by atoms with Gasteiger partial charge < -0.3 is 10.5 Å². The molecule has 2 aromatic rings. The molecule has 1 aliphatic carbocycles. The van der Waals surface area contributed by atoms with Crippen LogP contribution in [0.1, 0.15) is 18.4 Å². The van der Waals surface area contributed by atoms with Crippen LogP contribution in [0.3, 0.4) is 0 Å². The maximum absolute atomic E-state index is 13.3. The van der Waals surface area contributed by atoms with Crippen molar-refractivity contribution in [2.45, 2.75) is 23.0 Å². The summed E-state index contributed by atoms with van der Waals surface area (Å²) in [7, 11) is -3.58. The predicted octanol–water partition coefficient (Wildman–Crippen LogP) is 2.75. The molecule has 3 atom stereocenters. The molecule has 0 aliphatic heterocycles. The molecular weight excluding hydrogens is 341 g/mol. The molecule has 0 amide bonds. The van der Waals surface area contributed by atoms with Gasteiger partial charge in [-0.15, -0.1) is 0 Å². The molecule has 6 heteroatoms. The number of ether oxygens (including phenoxy) is 1. The van der Waals surface area contributed by atoms with Crippen LogP contribution in [0.2, 0.25) is 0 Å². The van der Waals surface area contributed by atoms with Gasteiger partial charge in [0.2, 0.25) is 0 Å². The largest absolute Gasteiger partial charge is 0.381 e. The number of sulfone groups is 1. The number of rotatable bonds is 7. The van der Waals surface area contributed by atoms with Crippen molar-refractivity contribution >= 4 is 9.84 Å². The molecule has 0 heterocycles. The van der Waals surface area contributed by atoms with E-state index in [1.165, 1.54) is 12.1 Å². The van der Waals surface area contributed by atoms with Gasteiger partial charge in [-0.2, -0.15) is 0 Å². The molecule has 1 aliphatic rings. The Morgan fingerprint density at radius 1 is 1.12 bits per heavy atom. The Morgan fingerprint density at radius 2 is 1.76 bits per heavy atom. The van der Waals surface area contributed by atoms with E-state index >= 15 is 0 Å². The van der Waals surface area contributed by atoms with Crippen LogP contribution >= 0.6 is 0 Å². The Kier molecular flexibility index (Phi) is 4.95. The molecule has 4 nitrogen and oxygen atoms in total. The van der Waals surface area contributed by atoms with Gasteiger partial charge in [0, 0.05) is 24.5 Å². The first-order valence-corrected chi connectivity index (χ1v) is 9.84. The zero-order chi connectivity index (χ0) is 18.1. The van der Waals surface area contributed by atoms with E-state index < -0.39 is 20.5 Å². The standard InChI is InChI=1S/C19H22FNO3S/c1-2-24-13-19(12-21)17(14-8-10-15(20)11-9-14)18(19)25(22,23)16-6-4-3-5-7-16/h3-11,17-18H,2,12-13,21H2,1H3/t17-,18+,19+/m1/s1. The van der Waals surface area contributed by atoms with Crippen LogP contribution in [0, 0.1) is 11.2 Å². The molecule has 2 aromatic carbocycles. The first kappa shape index (κ1) is 18.0. The monoisotopic (exact) mass is 363 g/mol. The third kappa shape index (κ3) is 3.10. The average Bonchev–Trinajstić information content (AvgIpc) is 3.31. The van der Waals surface area contributed by atoms with Crippen molar-refractivity contribution in [1.82, 2.24) is 0 Å². The van der Waals surface area contributed by atoms with Crippen molar-refractivity contribution in [1.29, 1.82) is 0 Å². The third-order valence-corrected chi connectivity index (χ3v) is 7.31. The molecule has 0 aromatic heterocycles. The fourth-order valence-electron chi connectivity index (χ4n) is 3.64. The van der Waals surface area contributed by atoms with Gasteiger partial charge in [-0.05, 0) is 36.8 Å². The first-order chi connectivity index (χ1) is 12.0. The second-order valence-electron chi connectivity index (χ2n) is 6.38.